The number of nitrogens with zero attached hydrogens (tertiary/aromatic N) is 2. The molecule has 1 fully saturated rings. The molecule has 2 aromatic rings. The van der Waals surface area contributed by atoms with E-state index >= 15 is 0 Å². The molecule has 7 nitrogen and oxygen atoms in total. The van der Waals surface area contributed by atoms with Gasteiger partial charge >= 0.3 is 6.09 Å². The summed E-state index contributed by atoms with van der Waals surface area (Å²) < 4.78 is 19.9. The summed E-state index contributed by atoms with van der Waals surface area (Å²) in [4.78, 5) is 26.4. The van der Waals surface area contributed by atoms with Crippen molar-refractivity contribution in [3.8, 4) is 5.75 Å². The van der Waals surface area contributed by atoms with E-state index in [4.69, 9.17) is 4.74 Å². The molecule has 28 heavy (non-hydrogen) atoms. The number of halogens is 1. The van der Waals surface area contributed by atoms with Gasteiger partial charge in [-0.15, -0.1) is 0 Å². The number of nitrogens with one attached hydrogen (secondary N) is 1. The third kappa shape index (κ3) is 4.51. The van der Waals surface area contributed by atoms with Crippen molar-refractivity contribution in [3.05, 3.63) is 63.8 Å². The van der Waals surface area contributed by atoms with Crippen LogP contribution in [0, 0.1) is 5.82 Å². The number of amides is 1. The van der Waals surface area contributed by atoms with Crippen molar-refractivity contribution in [1.29, 1.82) is 0 Å². The van der Waals surface area contributed by atoms with Gasteiger partial charge in [-0.1, -0.05) is 19.1 Å². The minimum absolute atomic E-state index is 0.0640. The van der Waals surface area contributed by atoms with Crippen molar-refractivity contribution in [2.45, 2.75) is 32.5 Å². The Bertz CT molecular complexity index is 899. The highest BCUT2D eigenvalue weighted by atomic mass is 19.1. The first-order valence-corrected chi connectivity index (χ1v) is 9.29. The molecule has 3 rings (SSSR count). The fraction of sp³-hybridized carbons (Fsp3) is 0.400. The molecule has 1 aromatic carbocycles. The van der Waals surface area contributed by atoms with Gasteiger partial charge in [-0.25, -0.2) is 9.18 Å². The normalized spacial score (nSPS) is 16.8. The average Bonchev–Trinajstić information content (AvgIpc) is 2.70. The SMILES string of the molecule is CCC1CNCCN1C(=O)OCc1ccn(Cc2cccc(F)c2)c(=O)c1O. The van der Waals surface area contributed by atoms with Crippen LogP contribution in [0.4, 0.5) is 9.18 Å². The summed E-state index contributed by atoms with van der Waals surface area (Å²) in [6.45, 7) is 3.91. The maximum absolute atomic E-state index is 13.3. The summed E-state index contributed by atoms with van der Waals surface area (Å²) in [6.07, 6.45) is 1.84. The van der Waals surface area contributed by atoms with Crippen LogP contribution in [-0.4, -0.2) is 46.3 Å². The molecule has 0 aliphatic carbocycles. The number of rotatable bonds is 5. The number of ether oxygens (including phenoxy) is 1. The van der Waals surface area contributed by atoms with Crippen LogP contribution in [0.1, 0.15) is 24.5 Å². The Kier molecular flexibility index (Phi) is 6.30. The molecule has 0 radical (unpaired) electrons. The van der Waals surface area contributed by atoms with Crippen molar-refractivity contribution in [2.24, 2.45) is 0 Å². The molecule has 150 valence electrons. The van der Waals surface area contributed by atoms with Gasteiger partial charge in [-0.2, -0.15) is 0 Å². The molecule has 1 amide bonds. The Morgan fingerprint density at radius 1 is 1.39 bits per heavy atom. The standard InChI is InChI=1S/C20H24FN3O4/c1-2-17-11-22-7-9-24(17)20(27)28-13-15-6-8-23(19(26)18(15)25)12-14-4-3-5-16(21)10-14/h3-6,8,10,17,22,25H,2,7,9,11-13H2,1H3. The van der Waals surface area contributed by atoms with Crippen LogP contribution >= 0.6 is 0 Å². The van der Waals surface area contributed by atoms with E-state index in [2.05, 4.69) is 5.32 Å². The zero-order valence-corrected chi connectivity index (χ0v) is 15.7. The monoisotopic (exact) mass is 389 g/mol. The second-order valence-electron chi connectivity index (χ2n) is 6.77. The van der Waals surface area contributed by atoms with Gasteiger partial charge in [-0.3, -0.25) is 4.79 Å². The van der Waals surface area contributed by atoms with Crippen LogP contribution in [0.3, 0.4) is 0 Å². The van der Waals surface area contributed by atoms with E-state index in [1.807, 2.05) is 6.92 Å². The molecular weight excluding hydrogens is 365 g/mol. The maximum Gasteiger partial charge on any atom is 0.410 e. The zero-order chi connectivity index (χ0) is 20.1. The van der Waals surface area contributed by atoms with E-state index in [0.717, 1.165) is 6.42 Å². The number of aromatic nitrogens is 1. The maximum atomic E-state index is 13.3. The van der Waals surface area contributed by atoms with Crippen LogP contribution in [0.2, 0.25) is 0 Å². The van der Waals surface area contributed by atoms with Crippen LogP contribution in [0.5, 0.6) is 5.75 Å². The molecular formula is C20H24FN3O4. The minimum Gasteiger partial charge on any atom is -0.503 e. The van der Waals surface area contributed by atoms with Gasteiger partial charge in [-0.05, 0) is 30.2 Å². The second-order valence-corrected chi connectivity index (χ2v) is 6.77. The molecule has 1 aliphatic rings. The highest BCUT2D eigenvalue weighted by Gasteiger charge is 2.26. The van der Waals surface area contributed by atoms with Gasteiger partial charge in [0.1, 0.15) is 12.4 Å². The Morgan fingerprint density at radius 3 is 2.96 bits per heavy atom. The number of aromatic hydroxyl groups is 1. The highest BCUT2D eigenvalue weighted by Crippen LogP contribution is 2.15. The molecule has 2 N–H and O–H groups in total. The van der Waals surface area contributed by atoms with E-state index in [1.165, 1.54) is 29.0 Å². The largest absolute Gasteiger partial charge is 0.503 e. The molecule has 0 bridgehead atoms. The number of hydrogen-bond donors (Lipinski definition) is 2. The summed E-state index contributed by atoms with van der Waals surface area (Å²) in [5.74, 6) is -0.865. The number of carbonyl (C=O) groups is 1. The molecule has 0 spiro atoms. The van der Waals surface area contributed by atoms with Crippen LogP contribution in [-0.2, 0) is 17.9 Å². The zero-order valence-electron chi connectivity index (χ0n) is 15.7. The highest BCUT2D eigenvalue weighted by molar-refractivity contribution is 5.68. The predicted molar refractivity (Wildman–Crippen MR) is 102 cm³/mol. The molecule has 1 atom stereocenters. The van der Waals surface area contributed by atoms with E-state index < -0.39 is 23.2 Å². The van der Waals surface area contributed by atoms with Crippen molar-refractivity contribution in [3.63, 3.8) is 0 Å². The van der Waals surface area contributed by atoms with Crippen molar-refractivity contribution in [1.82, 2.24) is 14.8 Å². The van der Waals surface area contributed by atoms with E-state index in [1.54, 1.807) is 17.0 Å². The van der Waals surface area contributed by atoms with Gasteiger partial charge < -0.3 is 24.6 Å². The lowest BCUT2D eigenvalue weighted by atomic mass is 10.1. The molecule has 8 heteroatoms. The summed E-state index contributed by atoms with van der Waals surface area (Å²) in [5.41, 5.74) is 0.216. The molecule has 1 aromatic heterocycles. The van der Waals surface area contributed by atoms with Gasteiger partial charge in [0.15, 0.2) is 5.75 Å². The number of benzene rings is 1. The summed E-state index contributed by atoms with van der Waals surface area (Å²) in [7, 11) is 0. The van der Waals surface area contributed by atoms with Gasteiger partial charge in [0.25, 0.3) is 5.56 Å². The van der Waals surface area contributed by atoms with Crippen LogP contribution in [0.25, 0.3) is 0 Å². The lowest BCUT2D eigenvalue weighted by Crippen LogP contribution is -2.53. The average molecular weight is 389 g/mol. The van der Waals surface area contributed by atoms with E-state index in [9.17, 15) is 19.1 Å². The third-order valence-corrected chi connectivity index (χ3v) is 4.87. The third-order valence-electron chi connectivity index (χ3n) is 4.87. The quantitative estimate of drug-likeness (QED) is 0.818. The molecule has 1 aliphatic heterocycles. The van der Waals surface area contributed by atoms with E-state index in [0.29, 0.717) is 25.2 Å². The van der Waals surface area contributed by atoms with Crippen molar-refractivity contribution < 1.29 is 19.0 Å². The molecule has 1 saturated heterocycles. The van der Waals surface area contributed by atoms with E-state index in [-0.39, 0.29) is 24.8 Å². The van der Waals surface area contributed by atoms with Crippen molar-refractivity contribution in [2.75, 3.05) is 19.6 Å². The topological polar surface area (TPSA) is 83.8 Å². The molecule has 2 heterocycles. The first-order chi connectivity index (χ1) is 13.5. The first-order valence-electron chi connectivity index (χ1n) is 9.29. The number of carbonyl (C=O) groups excluding carboxylic acids is 1. The fourth-order valence-electron chi connectivity index (χ4n) is 3.26. The Balaban J connectivity index is 1.67. The minimum atomic E-state index is -0.619. The van der Waals surface area contributed by atoms with Crippen LogP contribution < -0.4 is 10.9 Å². The fourth-order valence-corrected chi connectivity index (χ4v) is 3.26. The van der Waals surface area contributed by atoms with Crippen LogP contribution in [0.15, 0.2) is 41.3 Å². The first kappa shape index (κ1) is 19.9. The smallest absolute Gasteiger partial charge is 0.410 e. The van der Waals surface area contributed by atoms with Gasteiger partial charge in [0.05, 0.1) is 6.54 Å². The molecule has 1 unspecified atom stereocenters. The lowest BCUT2D eigenvalue weighted by molar-refractivity contribution is 0.0708. The Labute approximate surface area is 162 Å². The van der Waals surface area contributed by atoms with Crippen molar-refractivity contribution >= 4 is 6.09 Å². The number of hydrogen-bond acceptors (Lipinski definition) is 5. The Hall–Kier alpha value is -2.87. The number of piperazine rings is 1. The van der Waals surface area contributed by atoms with Gasteiger partial charge in [0.2, 0.25) is 0 Å². The Morgan fingerprint density at radius 2 is 2.21 bits per heavy atom. The summed E-state index contributed by atoms with van der Waals surface area (Å²) in [5, 5.41) is 13.4. The van der Waals surface area contributed by atoms with Gasteiger partial charge in [0, 0.05) is 37.4 Å². The summed E-state index contributed by atoms with van der Waals surface area (Å²) in [6, 6.07) is 7.50. The lowest BCUT2D eigenvalue weighted by Gasteiger charge is -2.34. The molecule has 0 saturated carbocycles. The number of pyridine rings is 1. The second kappa shape index (κ2) is 8.88. The predicted octanol–water partition coefficient (Wildman–Crippen LogP) is 2.06. The summed E-state index contributed by atoms with van der Waals surface area (Å²) >= 11 is 0.